The van der Waals surface area contributed by atoms with Crippen molar-refractivity contribution in [3.63, 3.8) is 0 Å². The molecule has 0 saturated carbocycles. The summed E-state index contributed by atoms with van der Waals surface area (Å²) in [5.41, 5.74) is 0.328. The summed E-state index contributed by atoms with van der Waals surface area (Å²) in [7, 11) is 0. The topological polar surface area (TPSA) is 38.9 Å². The lowest BCUT2D eigenvalue weighted by Crippen LogP contribution is -1.88. The van der Waals surface area contributed by atoms with Crippen molar-refractivity contribution < 1.29 is 13.3 Å². The summed E-state index contributed by atoms with van der Waals surface area (Å²) < 4.78 is 31.0. The fourth-order valence-corrected chi connectivity index (χ4v) is 1.58. The molecule has 3 nitrogen and oxygen atoms in total. The third-order valence-electron chi connectivity index (χ3n) is 1.77. The maximum absolute atomic E-state index is 13.0. The maximum Gasteiger partial charge on any atom is 0.259 e. The first-order valence-electron chi connectivity index (χ1n) is 4.03. The number of nitrogens with zero attached hydrogens (tertiary/aromatic N) is 2. The van der Waals surface area contributed by atoms with Crippen LogP contribution in [0.5, 0.6) is 0 Å². The Morgan fingerprint density at radius 1 is 1.27 bits per heavy atom. The normalized spacial score (nSPS) is 10.7. The minimum atomic E-state index is -0.955. The van der Waals surface area contributed by atoms with Gasteiger partial charge >= 0.3 is 0 Å². The number of hydrogen-bond acceptors (Lipinski definition) is 3. The van der Waals surface area contributed by atoms with E-state index < -0.39 is 11.6 Å². The van der Waals surface area contributed by atoms with E-state index in [0.29, 0.717) is 15.9 Å². The van der Waals surface area contributed by atoms with Gasteiger partial charge in [-0.1, -0.05) is 5.16 Å². The summed E-state index contributed by atoms with van der Waals surface area (Å²) in [5.74, 6) is -1.30. The van der Waals surface area contributed by atoms with Gasteiger partial charge in [-0.25, -0.2) is 8.78 Å². The molecule has 2 aromatic rings. The highest BCUT2D eigenvalue weighted by atomic mass is 79.9. The van der Waals surface area contributed by atoms with Crippen LogP contribution in [-0.2, 0) is 0 Å². The molecular formula is C9H5BrF2N2O. The van der Waals surface area contributed by atoms with E-state index >= 15 is 0 Å². The van der Waals surface area contributed by atoms with Crippen LogP contribution in [0.4, 0.5) is 8.78 Å². The molecule has 78 valence electrons. The third-order valence-corrected chi connectivity index (χ3v) is 2.42. The van der Waals surface area contributed by atoms with E-state index in [0.717, 1.165) is 12.1 Å². The van der Waals surface area contributed by atoms with Gasteiger partial charge in [0.15, 0.2) is 17.5 Å². The molecule has 0 bridgehead atoms. The van der Waals surface area contributed by atoms with Crippen LogP contribution in [0.15, 0.2) is 21.1 Å². The zero-order valence-electron chi connectivity index (χ0n) is 7.59. The second-order valence-electron chi connectivity index (χ2n) is 2.89. The molecule has 0 fully saturated rings. The van der Waals surface area contributed by atoms with Gasteiger partial charge in [-0.2, -0.15) is 4.98 Å². The predicted octanol–water partition coefficient (Wildman–Crippen LogP) is 3.09. The Labute approximate surface area is 92.2 Å². The molecule has 0 saturated heterocycles. The minimum absolute atomic E-state index is 0.151. The van der Waals surface area contributed by atoms with Gasteiger partial charge in [0.25, 0.3) is 5.89 Å². The molecule has 15 heavy (non-hydrogen) atoms. The van der Waals surface area contributed by atoms with Crippen LogP contribution in [0.3, 0.4) is 0 Å². The highest BCUT2D eigenvalue weighted by molar-refractivity contribution is 9.10. The first-order valence-corrected chi connectivity index (χ1v) is 4.82. The highest BCUT2D eigenvalue weighted by Crippen LogP contribution is 2.28. The maximum atomic E-state index is 13.0. The van der Waals surface area contributed by atoms with Crippen LogP contribution >= 0.6 is 15.9 Å². The SMILES string of the molecule is Cc1noc(-c2cc(F)c(F)cc2Br)n1. The average Bonchev–Trinajstić information content (AvgIpc) is 2.58. The molecule has 0 aliphatic carbocycles. The molecule has 0 aliphatic heterocycles. The van der Waals surface area contributed by atoms with Crippen molar-refractivity contribution in [3.05, 3.63) is 34.1 Å². The molecule has 1 heterocycles. The summed E-state index contributed by atoms with van der Waals surface area (Å²) in [6.45, 7) is 1.64. The molecule has 0 atom stereocenters. The summed E-state index contributed by atoms with van der Waals surface area (Å²) in [6.07, 6.45) is 0. The Morgan fingerprint density at radius 2 is 1.93 bits per heavy atom. The fourth-order valence-electron chi connectivity index (χ4n) is 1.09. The zero-order chi connectivity index (χ0) is 11.0. The molecule has 6 heteroatoms. The van der Waals surface area contributed by atoms with Crippen LogP contribution in [-0.4, -0.2) is 10.1 Å². The minimum Gasteiger partial charge on any atom is -0.334 e. The number of hydrogen-bond donors (Lipinski definition) is 0. The predicted molar refractivity (Wildman–Crippen MR) is 52.1 cm³/mol. The van der Waals surface area contributed by atoms with Crippen LogP contribution < -0.4 is 0 Å². The van der Waals surface area contributed by atoms with Crippen molar-refractivity contribution in [2.24, 2.45) is 0 Å². The molecule has 0 unspecified atom stereocenters. The summed E-state index contributed by atoms with van der Waals surface area (Å²) >= 11 is 3.09. The van der Waals surface area contributed by atoms with Gasteiger partial charge < -0.3 is 4.52 Å². The molecule has 1 aromatic carbocycles. The standard InChI is InChI=1S/C9H5BrF2N2O/c1-4-13-9(15-14-4)5-2-7(11)8(12)3-6(5)10/h2-3H,1H3. The lowest BCUT2D eigenvalue weighted by Gasteiger charge is -1.99. The second-order valence-corrected chi connectivity index (χ2v) is 3.75. The quantitative estimate of drug-likeness (QED) is 0.751. The van der Waals surface area contributed by atoms with Crippen molar-refractivity contribution >= 4 is 15.9 Å². The van der Waals surface area contributed by atoms with Gasteiger partial charge in [-0.3, -0.25) is 0 Å². The van der Waals surface area contributed by atoms with Crippen molar-refractivity contribution in [2.75, 3.05) is 0 Å². The van der Waals surface area contributed by atoms with Gasteiger partial charge in [0.2, 0.25) is 0 Å². The van der Waals surface area contributed by atoms with Gasteiger partial charge in [0.05, 0.1) is 5.56 Å². The lowest BCUT2D eigenvalue weighted by atomic mass is 10.2. The van der Waals surface area contributed by atoms with E-state index in [4.69, 9.17) is 4.52 Å². The van der Waals surface area contributed by atoms with E-state index in [1.807, 2.05) is 0 Å². The Balaban J connectivity index is 2.58. The van der Waals surface area contributed by atoms with E-state index in [-0.39, 0.29) is 5.89 Å². The van der Waals surface area contributed by atoms with Crippen molar-refractivity contribution in [2.45, 2.75) is 6.92 Å². The first-order chi connectivity index (χ1) is 7.08. The van der Waals surface area contributed by atoms with Crippen molar-refractivity contribution in [3.8, 4) is 11.5 Å². The molecule has 0 N–H and O–H groups in total. The Bertz CT molecular complexity index is 513. The zero-order valence-corrected chi connectivity index (χ0v) is 9.18. The Kier molecular flexibility index (Phi) is 2.52. The smallest absolute Gasteiger partial charge is 0.259 e. The van der Waals surface area contributed by atoms with Crippen molar-refractivity contribution in [1.29, 1.82) is 0 Å². The average molecular weight is 275 g/mol. The third kappa shape index (κ3) is 1.90. The van der Waals surface area contributed by atoms with Crippen LogP contribution in [0.1, 0.15) is 5.82 Å². The van der Waals surface area contributed by atoms with E-state index in [2.05, 4.69) is 26.1 Å². The summed E-state index contributed by atoms with van der Waals surface area (Å²) in [4.78, 5) is 3.92. The largest absolute Gasteiger partial charge is 0.334 e. The van der Waals surface area contributed by atoms with E-state index in [1.54, 1.807) is 6.92 Å². The number of aromatic nitrogens is 2. The lowest BCUT2D eigenvalue weighted by molar-refractivity contribution is 0.424. The monoisotopic (exact) mass is 274 g/mol. The first kappa shape index (κ1) is 10.2. The molecule has 0 spiro atoms. The van der Waals surface area contributed by atoms with Crippen molar-refractivity contribution in [1.82, 2.24) is 10.1 Å². The summed E-state index contributed by atoms with van der Waals surface area (Å²) in [5, 5.41) is 3.56. The van der Waals surface area contributed by atoms with E-state index in [1.165, 1.54) is 0 Å². The van der Waals surface area contributed by atoms with Gasteiger partial charge in [-0.05, 0) is 35.0 Å². The summed E-state index contributed by atoms with van der Waals surface area (Å²) in [6, 6.07) is 2.02. The Morgan fingerprint density at radius 3 is 2.53 bits per heavy atom. The van der Waals surface area contributed by atoms with Gasteiger partial charge in [0.1, 0.15) is 0 Å². The second kappa shape index (κ2) is 3.69. The number of halogens is 3. The van der Waals surface area contributed by atoms with E-state index in [9.17, 15) is 8.78 Å². The number of benzene rings is 1. The van der Waals surface area contributed by atoms with Gasteiger partial charge in [0, 0.05) is 4.47 Å². The molecular weight excluding hydrogens is 270 g/mol. The fraction of sp³-hybridized carbons (Fsp3) is 0.111. The molecule has 0 radical (unpaired) electrons. The number of aryl methyl sites for hydroxylation is 1. The van der Waals surface area contributed by atoms with Crippen LogP contribution in [0.2, 0.25) is 0 Å². The number of rotatable bonds is 1. The molecule has 1 aromatic heterocycles. The Hall–Kier alpha value is -1.30. The van der Waals surface area contributed by atoms with Gasteiger partial charge in [-0.15, -0.1) is 0 Å². The molecule has 2 rings (SSSR count). The molecule has 0 aliphatic rings. The van der Waals surface area contributed by atoms with Crippen LogP contribution in [0.25, 0.3) is 11.5 Å². The highest BCUT2D eigenvalue weighted by Gasteiger charge is 2.14. The van der Waals surface area contributed by atoms with Crippen LogP contribution in [0, 0.1) is 18.6 Å². The molecule has 0 amide bonds.